The van der Waals surface area contributed by atoms with Crippen molar-refractivity contribution in [2.45, 2.75) is 20.4 Å². The van der Waals surface area contributed by atoms with Crippen LogP contribution in [0, 0.1) is 25.7 Å². The largest absolute Gasteiger partial charge is 0.466 e. The number of aryl methyl sites for hydroxylation is 2. The second-order valence-electron chi connectivity index (χ2n) is 4.72. The Balaban J connectivity index is 2.03. The molecule has 0 aliphatic heterocycles. The Kier molecular flexibility index (Phi) is 4.81. The molecule has 0 bridgehead atoms. The van der Waals surface area contributed by atoms with Gasteiger partial charge in [-0.25, -0.2) is 0 Å². The van der Waals surface area contributed by atoms with Gasteiger partial charge < -0.3 is 15.5 Å². The lowest BCUT2D eigenvalue weighted by molar-refractivity contribution is 0.0949. The van der Waals surface area contributed by atoms with E-state index >= 15 is 0 Å². The minimum atomic E-state index is -0.136. The van der Waals surface area contributed by atoms with E-state index in [9.17, 15) is 4.79 Å². The number of hydrogen-bond donors (Lipinski definition) is 2. The van der Waals surface area contributed by atoms with E-state index in [0.717, 1.165) is 16.9 Å². The fraction of sp³-hybridized carbons (Fsp3) is 0.235. The summed E-state index contributed by atoms with van der Waals surface area (Å²) in [6.45, 7) is 4.38. The van der Waals surface area contributed by atoms with Gasteiger partial charge in [0.15, 0.2) is 0 Å². The van der Waals surface area contributed by atoms with Crippen LogP contribution in [0.3, 0.4) is 0 Å². The van der Waals surface area contributed by atoms with Gasteiger partial charge in [0.05, 0.1) is 12.1 Å². The summed E-state index contributed by atoms with van der Waals surface area (Å²) < 4.78 is 5.36. The molecule has 0 spiro atoms. The number of nitrogens with two attached hydrogens (primary N) is 1. The van der Waals surface area contributed by atoms with Crippen LogP contribution in [0.4, 0.5) is 0 Å². The highest BCUT2D eigenvalue weighted by Crippen LogP contribution is 2.13. The van der Waals surface area contributed by atoms with Gasteiger partial charge in [-0.05, 0) is 37.6 Å². The van der Waals surface area contributed by atoms with Crippen molar-refractivity contribution in [3.8, 4) is 11.8 Å². The van der Waals surface area contributed by atoms with Gasteiger partial charge in [-0.2, -0.15) is 0 Å². The average molecular weight is 282 g/mol. The molecule has 2 rings (SSSR count). The van der Waals surface area contributed by atoms with Crippen LogP contribution in [0.25, 0.3) is 0 Å². The number of furan rings is 1. The molecule has 0 saturated carbocycles. The summed E-state index contributed by atoms with van der Waals surface area (Å²) in [5.41, 5.74) is 7.81. The van der Waals surface area contributed by atoms with E-state index < -0.39 is 0 Å². The first kappa shape index (κ1) is 14.9. The maximum atomic E-state index is 12.1. The summed E-state index contributed by atoms with van der Waals surface area (Å²) in [4.78, 5) is 12.1. The highest BCUT2D eigenvalue weighted by atomic mass is 16.3. The summed E-state index contributed by atoms with van der Waals surface area (Å²) >= 11 is 0. The maximum absolute atomic E-state index is 12.1. The van der Waals surface area contributed by atoms with Crippen molar-refractivity contribution in [2.75, 3.05) is 6.54 Å². The van der Waals surface area contributed by atoms with Gasteiger partial charge in [0.1, 0.15) is 11.5 Å². The molecule has 0 saturated heterocycles. The molecule has 4 nitrogen and oxygen atoms in total. The molecule has 1 amide bonds. The molecule has 21 heavy (non-hydrogen) atoms. The van der Waals surface area contributed by atoms with E-state index in [0.29, 0.717) is 24.4 Å². The summed E-state index contributed by atoms with van der Waals surface area (Å²) in [5.74, 6) is 7.01. The Morgan fingerprint density at radius 1 is 1.33 bits per heavy atom. The van der Waals surface area contributed by atoms with Crippen LogP contribution in [-0.4, -0.2) is 12.5 Å². The molecule has 1 aromatic carbocycles. The van der Waals surface area contributed by atoms with Crippen LogP contribution < -0.4 is 11.1 Å². The molecule has 0 unspecified atom stereocenters. The zero-order chi connectivity index (χ0) is 15.2. The monoisotopic (exact) mass is 282 g/mol. The molecule has 4 heteroatoms. The molecule has 0 fully saturated rings. The molecule has 0 atom stereocenters. The van der Waals surface area contributed by atoms with Crippen molar-refractivity contribution >= 4 is 5.91 Å². The molecule has 3 N–H and O–H groups in total. The molecule has 2 aromatic rings. The second kappa shape index (κ2) is 6.78. The minimum Gasteiger partial charge on any atom is -0.466 e. The van der Waals surface area contributed by atoms with Crippen molar-refractivity contribution in [3.05, 3.63) is 58.5 Å². The second-order valence-corrected chi connectivity index (χ2v) is 4.72. The van der Waals surface area contributed by atoms with Gasteiger partial charge in [-0.15, -0.1) is 0 Å². The summed E-state index contributed by atoms with van der Waals surface area (Å²) in [5, 5.41) is 2.88. The van der Waals surface area contributed by atoms with Crippen molar-refractivity contribution in [3.63, 3.8) is 0 Å². The zero-order valence-electron chi connectivity index (χ0n) is 12.2. The Morgan fingerprint density at radius 3 is 2.81 bits per heavy atom. The normalized spacial score (nSPS) is 9.86. The number of hydrogen-bond acceptors (Lipinski definition) is 3. The quantitative estimate of drug-likeness (QED) is 0.847. The molecular formula is C17H18N2O2. The molecule has 108 valence electrons. The Bertz CT molecular complexity index is 705. The Labute approximate surface area is 124 Å². The van der Waals surface area contributed by atoms with Crippen molar-refractivity contribution in [2.24, 2.45) is 5.73 Å². The summed E-state index contributed by atoms with van der Waals surface area (Å²) in [6.07, 6.45) is 0. The third kappa shape index (κ3) is 3.98. The fourth-order valence-electron chi connectivity index (χ4n) is 2.05. The average Bonchev–Trinajstić information content (AvgIpc) is 2.82. The van der Waals surface area contributed by atoms with Crippen molar-refractivity contribution < 1.29 is 9.21 Å². The SMILES string of the molecule is Cc1cc(C(=O)NCc2cccc(C#CCN)c2)c(C)o1. The molecule has 0 aliphatic rings. The molecule has 1 heterocycles. The number of carbonyl (C=O) groups is 1. The summed E-state index contributed by atoms with van der Waals surface area (Å²) in [7, 11) is 0. The Hall–Kier alpha value is -2.51. The lowest BCUT2D eigenvalue weighted by Crippen LogP contribution is -2.23. The van der Waals surface area contributed by atoms with E-state index in [4.69, 9.17) is 10.2 Å². The number of benzene rings is 1. The van der Waals surface area contributed by atoms with Crippen LogP contribution in [0.15, 0.2) is 34.7 Å². The highest BCUT2D eigenvalue weighted by Gasteiger charge is 2.12. The van der Waals surface area contributed by atoms with E-state index in [1.165, 1.54) is 0 Å². The van der Waals surface area contributed by atoms with E-state index in [2.05, 4.69) is 17.2 Å². The number of rotatable bonds is 3. The predicted octanol–water partition coefficient (Wildman–Crippen LogP) is 2.14. The number of amides is 1. The minimum absolute atomic E-state index is 0.136. The van der Waals surface area contributed by atoms with Crippen molar-refractivity contribution in [1.29, 1.82) is 0 Å². The highest BCUT2D eigenvalue weighted by molar-refractivity contribution is 5.95. The van der Waals surface area contributed by atoms with Gasteiger partial charge in [0, 0.05) is 12.1 Å². The molecular weight excluding hydrogens is 264 g/mol. The van der Waals surface area contributed by atoms with Crippen LogP contribution >= 0.6 is 0 Å². The van der Waals surface area contributed by atoms with Crippen LogP contribution in [0.1, 0.15) is 33.0 Å². The maximum Gasteiger partial charge on any atom is 0.255 e. The van der Waals surface area contributed by atoms with Gasteiger partial charge in [0.25, 0.3) is 5.91 Å². The standard InChI is InChI=1S/C17H18N2O2/c1-12-9-16(13(2)21-12)17(20)19-11-15-6-3-5-14(10-15)7-4-8-18/h3,5-6,9-10H,8,11,18H2,1-2H3,(H,19,20). The number of nitrogens with one attached hydrogen (secondary N) is 1. The van der Waals surface area contributed by atoms with Crippen LogP contribution in [0.2, 0.25) is 0 Å². The van der Waals surface area contributed by atoms with Crippen LogP contribution in [-0.2, 0) is 6.54 Å². The first-order chi connectivity index (χ1) is 10.1. The molecule has 1 aromatic heterocycles. The molecule has 0 radical (unpaired) electrons. The van der Waals surface area contributed by atoms with E-state index in [-0.39, 0.29) is 5.91 Å². The van der Waals surface area contributed by atoms with Crippen molar-refractivity contribution in [1.82, 2.24) is 5.32 Å². The summed E-state index contributed by atoms with van der Waals surface area (Å²) in [6, 6.07) is 9.46. The van der Waals surface area contributed by atoms with Gasteiger partial charge in [0.2, 0.25) is 0 Å². The third-order valence-electron chi connectivity index (χ3n) is 3.00. The fourth-order valence-corrected chi connectivity index (χ4v) is 2.05. The van der Waals surface area contributed by atoms with Crippen LogP contribution in [0.5, 0.6) is 0 Å². The van der Waals surface area contributed by atoms with Gasteiger partial charge in [-0.1, -0.05) is 24.0 Å². The Morgan fingerprint density at radius 2 is 2.14 bits per heavy atom. The first-order valence-electron chi connectivity index (χ1n) is 6.73. The lowest BCUT2D eigenvalue weighted by atomic mass is 10.1. The van der Waals surface area contributed by atoms with Gasteiger partial charge in [-0.3, -0.25) is 4.79 Å². The topological polar surface area (TPSA) is 68.3 Å². The first-order valence-corrected chi connectivity index (χ1v) is 6.73. The lowest BCUT2D eigenvalue weighted by Gasteiger charge is -2.05. The van der Waals surface area contributed by atoms with Gasteiger partial charge >= 0.3 is 0 Å². The predicted molar refractivity (Wildman–Crippen MR) is 81.7 cm³/mol. The zero-order valence-corrected chi connectivity index (χ0v) is 12.2. The third-order valence-corrected chi connectivity index (χ3v) is 3.00. The molecule has 0 aliphatic carbocycles. The smallest absolute Gasteiger partial charge is 0.255 e. The van der Waals surface area contributed by atoms with E-state index in [1.807, 2.05) is 31.2 Å². The van der Waals surface area contributed by atoms with E-state index in [1.54, 1.807) is 13.0 Å². The number of carbonyl (C=O) groups excluding carboxylic acids is 1.